The van der Waals surface area contributed by atoms with Crippen LogP contribution in [-0.4, -0.2) is 37.3 Å². The minimum atomic E-state index is -0.371. The lowest BCUT2D eigenvalue weighted by atomic mass is 9.95. The standard InChI is InChI=1S/C17H22N6O/c1-17(2,3)16-19-6-10-7-23(8-12(10)22-16)15(24)14-13-11(4-5-18-14)20-9-21-13/h6,9,14,18H,4-5,7-8H2,1-3H3,(H,20,21)/t14-/m0/s1. The maximum Gasteiger partial charge on any atom is 0.246 e. The fourth-order valence-corrected chi connectivity index (χ4v) is 3.28. The van der Waals surface area contributed by atoms with Crippen LogP contribution in [0.5, 0.6) is 0 Å². The Morgan fingerprint density at radius 3 is 2.92 bits per heavy atom. The number of hydrogen-bond acceptors (Lipinski definition) is 5. The van der Waals surface area contributed by atoms with Gasteiger partial charge in [0.15, 0.2) is 0 Å². The molecule has 0 spiro atoms. The molecule has 0 radical (unpaired) electrons. The number of nitrogens with one attached hydrogen (secondary N) is 2. The quantitative estimate of drug-likeness (QED) is 0.823. The predicted molar refractivity (Wildman–Crippen MR) is 88.0 cm³/mol. The van der Waals surface area contributed by atoms with Crippen molar-refractivity contribution in [2.24, 2.45) is 0 Å². The van der Waals surface area contributed by atoms with Crippen LogP contribution < -0.4 is 5.32 Å². The van der Waals surface area contributed by atoms with Gasteiger partial charge in [-0.3, -0.25) is 4.79 Å². The summed E-state index contributed by atoms with van der Waals surface area (Å²) in [5.41, 5.74) is 3.78. The molecule has 0 unspecified atom stereocenters. The fraction of sp³-hybridized carbons (Fsp3) is 0.529. The highest BCUT2D eigenvalue weighted by molar-refractivity contribution is 5.83. The van der Waals surface area contributed by atoms with E-state index in [1.165, 1.54) is 0 Å². The number of aromatic amines is 1. The lowest BCUT2D eigenvalue weighted by molar-refractivity contribution is -0.134. The topological polar surface area (TPSA) is 86.8 Å². The summed E-state index contributed by atoms with van der Waals surface area (Å²) >= 11 is 0. The number of aromatic nitrogens is 4. The maximum absolute atomic E-state index is 13.0. The normalized spacial score (nSPS) is 20.0. The van der Waals surface area contributed by atoms with Gasteiger partial charge in [0.05, 0.1) is 24.3 Å². The molecule has 7 heteroatoms. The lowest BCUT2D eigenvalue weighted by Gasteiger charge is -2.26. The summed E-state index contributed by atoms with van der Waals surface area (Å²) < 4.78 is 0. The Kier molecular flexibility index (Phi) is 3.42. The fourth-order valence-electron chi connectivity index (χ4n) is 3.28. The molecule has 2 aromatic rings. The summed E-state index contributed by atoms with van der Waals surface area (Å²) in [5.74, 6) is 0.874. The number of carbonyl (C=O) groups is 1. The first kappa shape index (κ1) is 15.3. The molecule has 0 aliphatic carbocycles. The van der Waals surface area contributed by atoms with Gasteiger partial charge in [-0.05, 0) is 0 Å². The van der Waals surface area contributed by atoms with E-state index in [0.29, 0.717) is 13.1 Å². The number of rotatable bonds is 1. The van der Waals surface area contributed by atoms with Gasteiger partial charge in [0.1, 0.15) is 11.9 Å². The number of fused-ring (bicyclic) bond motifs is 2. The van der Waals surface area contributed by atoms with Gasteiger partial charge in [0, 0.05) is 42.4 Å². The number of nitrogens with zero attached hydrogens (tertiary/aromatic N) is 4. The third-order valence-electron chi connectivity index (χ3n) is 4.63. The van der Waals surface area contributed by atoms with Crippen LogP contribution in [0.25, 0.3) is 0 Å². The highest BCUT2D eigenvalue weighted by Gasteiger charge is 2.35. The Morgan fingerprint density at radius 1 is 1.29 bits per heavy atom. The van der Waals surface area contributed by atoms with Crippen molar-refractivity contribution < 1.29 is 4.79 Å². The van der Waals surface area contributed by atoms with Gasteiger partial charge >= 0.3 is 0 Å². The predicted octanol–water partition coefficient (Wildman–Crippen LogP) is 1.23. The maximum atomic E-state index is 13.0. The van der Waals surface area contributed by atoms with Gasteiger partial charge in [-0.1, -0.05) is 20.8 Å². The molecule has 0 saturated heterocycles. The van der Waals surface area contributed by atoms with Crippen LogP contribution in [0.3, 0.4) is 0 Å². The molecule has 1 amide bonds. The monoisotopic (exact) mass is 326 g/mol. The third-order valence-corrected chi connectivity index (χ3v) is 4.63. The molecule has 1 atom stereocenters. The number of carbonyl (C=O) groups excluding carboxylic acids is 1. The summed E-state index contributed by atoms with van der Waals surface area (Å²) in [6.07, 6.45) is 4.40. The first-order valence-electron chi connectivity index (χ1n) is 8.33. The van der Waals surface area contributed by atoms with E-state index in [1.807, 2.05) is 11.1 Å². The van der Waals surface area contributed by atoms with Crippen molar-refractivity contribution in [2.45, 2.75) is 51.7 Å². The Morgan fingerprint density at radius 2 is 2.12 bits per heavy atom. The Bertz CT molecular complexity index is 791. The second-order valence-electron chi connectivity index (χ2n) is 7.51. The second kappa shape index (κ2) is 5.37. The Balaban J connectivity index is 1.56. The zero-order valence-corrected chi connectivity index (χ0v) is 14.3. The van der Waals surface area contributed by atoms with Crippen molar-refractivity contribution in [1.29, 1.82) is 0 Å². The number of H-pyrrole nitrogens is 1. The van der Waals surface area contributed by atoms with E-state index in [9.17, 15) is 4.79 Å². The average molecular weight is 326 g/mol. The molecular formula is C17H22N6O. The summed E-state index contributed by atoms with van der Waals surface area (Å²) in [6, 6.07) is -0.371. The van der Waals surface area contributed by atoms with Crippen LogP contribution in [0, 0.1) is 0 Å². The van der Waals surface area contributed by atoms with E-state index in [4.69, 9.17) is 0 Å². The average Bonchev–Trinajstić information content (AvgIpc) is 3.18. The van der Waals surface area contributed by atoms with Crippen LogP contribution in [0.4, 0.5) is 0 Å². The first-order chi connectivity index (χ1) is 11.4. The van der Waals surface area contributed by atoms with Gasteiger partial charge in [-0.25, -0.2) is 15.0 Å². The first-order valence-corrected chi connectivity index (χ1v) is 8.33. The van der Waals surface area contributed by atoms with Gasteiger partial charge in [-0.2, -0.15) is 0 Å². The van der Waals surface area contributed by atoms with Gasteiger partial charge in [0.25, 0.3) is 0 Å². The van der Waals surface area contributed by atoms with Crippen molar-refractivity contribution in [3.8, 4) is 0 Å². The molecule has 2 N–H and O–H groups in total. The van der Waals surface area contributed by atoms with E-state index < -0.39 is 0 Å². The molecule has 0 aromatic carbocycles. The third kappa shape index (κ3) is 2.49. The van der Waals surface area contributed by atoms with E-state index in [2.05, 4.69) is 46.0 Å². The number of amides is 1. The Labute approximate surface area is 140 Å². The molecule has 24 heavy (non-hydrogen) atoms. The summed E-state index contributed by atoms with van der Waals surface area (Å²) in [6.45, 7) is 8.17. The Hall–Kier alpha value is -2.28. The van der Waals surface area contributed by atoms with Crippen molar-refractivity contribution in [3.63, 3.8) is 0 Å². The number of imidazole rings is 1. The van der Waals surface area contributed by atoms with Crippen molar-refractivity contribution in [3.05, 3.63) is 41.0 Å². The van der Waals surface area contributed by atoms with E-state index in [-0.39, 0.29) is 17.4 Å². The molecule has 2 aliphatic rings. The summed E-state index contributed by atoms with van der Waals surface area (Å²) in [7, 11) is 0. The largest absolute Gasteiger partial charge is 0.348 e. The summed E-state index contributed by atoms with van der Waals surface area (Å²) in [5, 5.41) is 3.29. The van der Waals surface area contributed by atoms with Gasteiger partial charge in [-0.15, -0.1) is 0 Å². The summed E-state index contributed by atoms with van der Waals surface area (Å²) in [4.78, 5) is 31.4. The molecular weight excluding hydrogens is 304 g/mol. The molecule has 2 aromatic heterocycles. The molecule has 2 aliphatic heterocycles. The molecule has 4 heterocycles. The van der Waals surface area contributed by atoms with E-state index >= 15 is 0 Å². The van der Waals surface area contributed by atoms with Crippen molar-refractivity contribution in [2.75, 3.05) is 6.54 Å². The highest BCUT2D eigenvalue weighted by Crippen LogP contribution is 2.28. The molecule has 4 rings (SSSR count). The molecule has 7 nitrogen and oxygen atoms in total. The van der Waals surface area contributed by atoms with Crippen molar-refractivity contribution >= 4 is 5.91 Å². The zero-order valence-electron chi connectivity index (χ0n) is 14.3. The smallest absolute Gasteiger partial charge is 0.246 e. The molecule has 126 valence electrons. The van der Waals surface area contributed by atoms with Crippen LogP contribution >= 0.6 is 0 Å². The minimum absolute atomic E-state index is 0.0540. The van der Waals surface area contributed by atoms with Crippen LogP contribution in [0.1, 0.15) is 55.3 Å². The minimum Gasteiger partial charge on any atom is -0.348 e. The van der Waals surface area contributed by atoms with Gasteiger partial charge in [0.2, 0.25) is 5.91 Å². The molecule has 0 saturated carbocycles. The van der Waals surface area contributed by atoms with Crippen LogP contribution in [0.15, 0.2) is 12.5 Å². The SMILES string of the molecule is CC(C)(C)c1ncc2c(n1)CN(C(=O)[C@H]1NCCc3[nH]cnc31)C2. The molecule has 0 fully saturated rings. The van der Waals surface area contributed by atoms with Crippen LogP contribution in [0.2, 0.25) is 0 Å². The van der Waals surface area contributed by atoms with E-state index in [0.717, 1.165) is 41.4 Å². The van der Waals surface area contributed by atoms with E-state index in [1.54, 1.807) is 6.33 Å². The van der Waals surface area contributed by atoms with Crippen molar-refractivity contribution in [1.82, 2.24) is 30.2 Å². The van der Waals surface area contributed by atoms with Crippen LogP contribution in [-0.2, 0) is 29.7 Å². The van der Waals surface area contributed by atoms with Gasteiger partial charge < -0.3 is 15.2 Å². The highest BCUT2D eigenvalue weighted by atomic mass is 16.2. The number of hydrogen-bond donors (Lipinski definition) is 2. The lowest BCUT2D eigenvalue weighted by Crippen LogP contribution is -2.42. The zero-order chi connectivity index (χ0) is 16.9. The second-order valence-corrected chi connectivity index (χ2v) is 7.51. The molecule has 0 bridgehead atoms.